The molecule has 1 heterocycles. The topological polar surface area (TPSA) is 79.9 Å². The van der Waals surface area contributed by atoms with Crippen molar-refractivity contribution in [2.75, 3.05) is 13.1 Å². The molecule has 0 bridgehead atoms. The van der Waals surface area contributed by atoms with Crippen molar-refractivity contribution in [2.24, 2.45) is 0 Å². The maximum Gasteiger partial charge on any atom is 0.408 e. The van der Waals surface area contributed by atoms with E-state index in [1.165, 1.54) is 24.8 Å². The fourth-order valence-corrected chi connectivity index (χ4v) is 5.19. The maximum absolute atomic E-state index is 13.5. The van der Waals surface area contributed by atoms with Crippen molar-refractivity contribution < 1.29 is 19.1 Å². The van der Waals surface area contributed by atoms with E-state index in [1.807, 2.05) is 72.8 Å². The zero-order valence-corrected chi connectivity index (χ0v) is 24.4. The van der Waals surface area contributed by atoms with Gasteiger partial charge in [-0.05, 0) is 65.9 Å². The van der Waals surface area contributed by atoms with E-state index >= 15 is 0 Å². The predicted molar refractivity (Wildman–Crippen MR) is 167 cm³/mol. The number of carbonyl (C=O) groups excluding carboxylic acids is 2. The van der Waals surface area contributed by atoms with Crippen LogP contribution in [0.3, 0.4) is 0 Å². The molecule has 0 unspecified atom stereocenters. The van der Waals surface area contributed by atoms with Crippen molar-refractivity contribution >= 4 is 12.0 Å². The molecule has 0 saturated carbocycles. The van der Waals surface area contributed by atoms with E-state index in [9.17, 15) is 9.59 Å². The minimum Gasteiger partial charge on any atom is -0.489 e. The lowest BCUT2D eigenvalue weighted by molar-refractivity contribution is -0.123. The first-order chi connectivity index (χ1) is 21.1. The first kappa shape index (κ1) is 29.9. The number of alkyl carbamates (subject to hydrolysis) is 1. The van der Waals surface area contributed by atoms with Crippen molar-refractivity contribution in [3.05, 3.63) is 137 Å². The molecule has 2 N–H and O–H groups in total. The van der Waals surface area contributed by atoms with Gasteiger partial charge in [0.2, 0.25) is 5.91 Å². The zero-order valence-electron chi connectivity index (χ0n) is 24.4. The Balaban J connectivity index is 1.23. The van der Waals surface area contributed by atoms with Crippen molar-refractivity contribution in [1.29, 1.82) is 0 Å². The number of hydrogen-bond acceptors (Lipinski definition) is 5. The molecule has 43 heavy (non-hydrogen) atoms. The average molecular weight is 578 g/mol. The molecule has 1 atom stereocenters. The lowest BCUT2D eigenvalue weighted by Crippen LogP contribution is -2.40. The molecule has 5 rings (SSSR count). The number of amides is 2. The largest absolute Gasteiger partial charge is 0.489 e. The second kappa shape index (κ2) is 15.6. The van der Waals surface area contributed by atoms with Gasteiger partial charge in [0.05, 0.1) is 0 Å². The maximum atomic E-state index is 13.5. The summed E-state index contributed by atoms with van der Waals surface area (Å²) in [6.45, 7) is 4.07. The Bertz CT molecular complexity index is 1440. The molecule has 1 aliphatic rings. The third-order valence-corrected chi connectivity index (χ3v) is 7.51. The van der Waals surface area contributed by atoms with Gasteiger partial charge in [-0.25, -0.2) is 4.79 Å². The summed E-state index contributed by atoms with van der Waals surface area (Å²) in [6, 6.07) is 33.9. The van der Waals surface area contributed by atoms with Gasteiger partial charge in [0.1, 0.15) is 25.0 Å². The quantitative estimate of drug-likeness (QED) is 0.200. The van der Waals surface area contributed by atoms with E-state index in [0.29, 0.717) is 24.5 Å². The molecule has 222 valence electrons. The summed E-state index contributed by atoms with van der Waals surface area (Å²) in [7, 11) is 0. The van der Waals surface area contributed by atoms with Gasteiger partial charge in [-0.2, -0.15) is 0 Å². The van der Waals surface area contributed by atoms with Gasteiger partial charge < -0.3 is 20.1 Å². The summed E-state index contributed by atoms with van der Waals surface area (Å²) in [5, 5.41) is 5.78. The molecule has 4 aromatic rings. The summed E-state index contributed by atoms with van der Waals surface area (Å²) in [4.78, 5) is 28.8. The minimum absolute atomic E-state index is 0.108. The monoisotopic (exact) mass is 577 g/mol. The van der Waals surface area contributed by atoms with E-state index in [1.54, 1.807) is 24.3 Å². The smallest absolute Gasteiger partial charge is 0.408 e. The minimum atomic E-state index is -0.942. The Labute approximate surface area is 253 Å². The third kappa shape index (κ3) is 9.45. The lowest BCUT2D eigenvalue weighted by Gasteiger charge is -2.26. The lowest BCUT2D eigenvalue weighted by atomic mass is 10.1. The Hall–Kier alpha value is -4.62. The average Bonchev–Trinajstić information content (AvgIpc) is 3.06. The summed E-state index contributed by atoms with van der Waals surface area (Å²) in [6.07, 6.45) is 3.13. The van der Waals surface area contributed by atoms with Crippen molar-refractivity contribution in [3.63, 3.8) is 0 Å². The van der Waals surface area contributed by atoms with Gasteiger partial charge >= 0.3 is 6.09 Å². The molecule has 0 radical (unpaired) electrons. The van der Waals surface area contributed by atoms with Gasteiger partial charge in [0, 0.05) is 13.1 Å². The summed E-state index contributed by atoms with van der Waals surface area (Å²) >= 11 is 0. The summed E-state index contributed by atoms with van der Waals surface area (Å²) in [5.74, 6) is 0.347. The van der Waals surface area contributed by atoms with Crippen LogP contribution < -0.4 is 15.4 Å². The molecule has 0 aromatic heterocycles. The first-order valence-electron chi connectivity index (χ1n) is 14.9. The number of nitrogens with zero attached hydrogens (tertiary/aromatic N) is 1. The zero-order chi connectivity index (χ0) is 29.7. The summed E-state index contributed by atoms with van der Waals surface area (Å²) < 4.78 is 11.3. The highest BCUT2D eigenvalue weighted by atomic mass is 16.5. The van der Waals surface area contributed by atoms with Crippen molar-refractivity contribution in [3.8, 4) is 5.75 Å². The highest BCUT2D eigenvalue weighted by Crippen LogP contribution is 2.20. The van der Waals surface area contributed by atoms with Crippen molar-refractivity contribution in [1.82, 2.24) is 15.5 Å². The Kier molecular flexibility index (Phi) is 10.8. The van der Waals surface area contributed by atoms with Crippen LogP contribution in [-0.2, 0) is 35.8 Å². The van der Waals surface area contributed by atoms with Crippen LogP contribution in [0.2, 0.25) is 0 Å². The Morgan fingerprint density at radius 3 is 2.02 bits per heavy atom. The number of carbonyl (C=O) groups is 2. The number of benzene rings is 4. The Morgan fingerprint density at radius 1 is 0.698 bits per heavy atom. The van der Waals surface area contributed by atoms with Crippen LogP contribution in [0.1, 0.15) is 53.1 Å². The molecule has 0 aliphatic carbocycles. The van der Waals surface area contributed by atoms with Crippen LogP contribution in [0.25, 0.3) is 0 Å². The van der Waals surface area contributed by atoms with E-state index in [-0.39, 0.29) is 12.5 Å². The fraction of sp³-hybridized carbons (Fsp3) is 0.278. The normalized spacial score (nSPS) is 14.0. The Morgan fingerprint density at radius 2 is 1.33 bits per heavy atom. The van der Waals surface area contributed by atoms with Crippen LogP contribution in [0.5, 0.6) is 5.75 Å². The molecule has 1 fully saturated rings. The highest BCUT2D eigenvalue weighted by molar-refractivity contribution is 5.86. The fourth-order valence-electron chi connectivity index (χ4n) is 5.19. The van der Waals surface area contributed by atoms with Crippen LogP contribution >= 0.6 is 0 Å². The number of rotatable bonds is 12. The van der Waals surface area contributed by atoms with Crippen LogP contribution in [0.4, 0.5) is 4.79 Å². The van der Waals surface area contributed by atoms with Gasteiger partial charge in [0.25, 0.3) is 0 Å². The van der Waals surface area contributed by atoms with E-state index < -0.39 is 12.1 Å². The van der Waals surface area contributed by atoms with Crippen LogP contribution in [-0.4, -0.2) is 30.0 Å². The van der Waals surface area contributed by atoms with E-state index in [0.717, 1.165) is 36.3 Å². The van der Waals surface area contributed by atoms with Crippen molar-refractivity contribution in [2.45, 2.75) is 51.6 Å². The van der Waals surface area contributed by atoms with Gasteiger partial charge in [-0.3, -0.25) is 9.69 Å². The number of ether oxygens (including phenoxy) is 2. The number of piperidine rings is 1. The number of likely N-dealkylation sites (tertiary alicyclic amines) is 1. The molecular weight excluding hydrogens is 538 g/mol. The number of nitrogens with one attached hydrogen (secondary N) is 2. The molecule has 7 nitrogen and oxygen atoms in total. The summed E-state index contributed by atoms with van der Waals surface area (Å²) in [5.41, 5.74) is 4.80. The second-order valence-corrected chi connectivity index (χ2v) is 10.9. The van der Waals surface area contributed by atoms with Gasteiger partial charge in [-0.1, -0.05) is 103 Å². The molecule has 0 spiro atoms. The standard InChI is InChI=1S/C36H39N3O4/c40-35(37-24-30-15-10-16-31(23-30)25-39-21-8-3-9-22-39)34(38-36(41)43-27-29-13-6-2-7-14-29)32-17-19-33(20-18-32)42-26-28-11-4-1-5-12-28/h1-2,4-7,10-20,23,34H,3,8-9,21-22,24-27H2,(H,37,40)(H,38,41)/t34-/m1/s1. The predicted octanol–water partition coefficient (Wildman–Crippen LogP) is 6.54. The molecule has 1 saturated heterocycles. The van der Waals surface area contributed by atoms with Gasteiger partial charge in [0.15, 0.2) is 0 Å². The molecular formula is C36H39N3O4. The van der Waals surface area contributed by atoms with Crippen LogP contribution in [0, 0.1) is 0 Å². The molecule has 1 aliphatic heterocycles. The van der Waals surface area contributed by atoms with E-state index in [4.69, 9.17) is 9.47 Å². The number of hydrogen-bond donors (Lipinski definition) is 2. The first-order valence-corrected chi connectivity index (χ1v) is 14.9. The van der Waals surface area contributed by atoms with E-state index in [2.05, 4.69) is 27.7 Å². The second-order valence-electron chi connectivity index (χ2n) is 10.9. The van der Waals surface area contributed by atoms with Gasteiger partial charge in [-0.15, -0.1) is 0 Å². The molecule has 7 heteroatoms. The SMILES string of the molecule is O=C(N[C@@H](C(=O)NCc1cccc(CN2CCCCC2)c1)c1ccc(OCc2ccccc2)cc1)OCc1ccccc1. The highest BCUT2D eigenvalue weighted by Gasteiger charge is 2.24. The molecule has 4 aromatic carbocycles. The van der Waals surface area contributed by atoms with Crippen LogP contribution in [0.15, 0.2) is 109 Å². The molecule has 2 amide bonds. The third-order valence-electron chi connectivity index (χ3n) is 7.51.